The SMILES string of the molecule is O=[C]c1ccccc1. The van der Waals surface area contributed by atoms with Crippen molar-refractivity contribution in [2.75, 3.05) is 0 Å². The normalized spacial score (nSPS) is 8.50. The topological polar surface area (TPSA) is 17.1 Å². The molecule has 0 amide bonds. The Morgan fingerprint density at radius 2 is 1.75 bits per heavy atom. The Labute approximate surface area is 48.0 Å². The van der Waals surface area contributed by atoms with Crippen molar-refractivity contribution in [2.24, 2.45) is 0 Å². The number of hydrogen-bond donors (Lipinski definition) is 0. The Kier molecular flexibility index (Phi) is 1.42. The molecule has 0 aliphatic carbocycles. The van der Waals surface area contributed by atoms with Crippen molar-refractivity contribution < 1.29 is 4.79 Å². The van der Waals surface area contributed by atoms with Crippen LogP contribution in [0.3, 0.4) is 0 Å². The molecule has 1 rings (SSSR count). The standard InChI is InChI=1S/C7H5O/c8-6-7-4-2-1-3-5-7/h1-5H. The van der Waals surface area contributed by atoms with Crippen LogP contribution >= 0.6 is 0 Å². The molecule has 1 heteroatoms. The molecule has 0 aromatic heterocycles. The van der Waals surface area contributed by atoms with Gasteiger partial charge in [-0.15, -0.1) is 0 Å². The van der Waals surface area contributed by atoms with E-state index >= 15 is 0 Å². The Morgan fingerprint density at radius 1 is 1.12 bits per heavy atom. The summed E-state index contributed by atoms with van der Waals surface area (Å²) in [5.74, 6) is 0. The molecule has 8 heavy (non-hydrogen) atoms. The average Bonchev–Trinajstić information content (AvgIpc) is 1.90. The van der Waals surface area contributed by atoms with Gasteiger partial charge in [-0.2, -0.15) is 0 Å². The highest BCUT2D eigenvalue weighted by Gasteiger charge is 1.81. The molecule has 0 N–H and O–H groups in total. The largest absolute Gasteiger partial charge is 0.285 e. The smallest absolute Gasteiger partial charge is 0.233 e. The number of carbonyl (C=O) groups excluding carboxylic acids is 1. The first-order chi connectivity index (χ1) is 3.93. The van der Waals surface area contributed by atoms with Gasteiger partial charge >= 0.3 is 0 Å². The molecule has 1 aromatic carbocycles. The highest BCUT2D eigenvalue weighted by molar-refractivity contribution is 5.74. The number of benzene rings is 1. The predicted molar refractivity (Wildman–Crippen MR) is 31.2 cm³/mol. The molecule has 0 spiro atoms. The van der Waals surface area contributed by atoms with Gasteiger partial charge in [-0.25, -0.2) is 0 Å². The van der Waals surface area contributed by atoms with E-state index in [0.29, 0.717) is 5.56 Å². The van der Waals surface area contributed by atoms with Gasteiger partial charge in [0.05, 0.1) is 0 Å². The first kappa shape index (κ1) is 5.04. The van der Waals surface area contributed by atoms with E-state index in [4.69, 9.17) is 0 Å². The van der Waals surface area contributed by atoms with Crippen LogP contribution < -0.4 is 0 Å². The van der Waals surface area contributed by atoms with Crippen LogP contribution in [-0.2, 0) is 4.79 Å². The van der Waals surface area contributed by atoms with E-state index in [0.717, 1.165) is 0 Å². The van der Waals surface area contributed by atoms with Crippen LogP contribution in [0.1, 0.15) is 5.56 Å². The fourth-order valence-electron chi connectivity index (χ4n) is 0.506. The molecular formula is C7H5O. The van der Waals surface area contributed by atoms with Crippen LogP contribution in [0.4, 0.5) is 0 Å². The van der Waals surface area contributed by atoms with Crippen molar-refractivity contribution in [2.45, 2.75) is 0 Å². The minimum atomic E-state index is 0.604. The van der Waals surface area contributed by atoms with Crippen LogP contribution in [0.25, 0.3) is 0 Å². The molecule has 0 saturated carbocycles. The summed E-state index contributed by atoms with van der Waals surface area (Å²) in [6, 6.07) is 8.90. The van der Waals surface area contributed by atoms with E-state index < -0.39 is 0 Å². The van der Waals surface area contributed by atoms with Gasteiger partial charge in [0, 0.05) is 5.56 Å². The van der Waals surface area contributed by atoms with Crippen LogP contribution in [0, 0.1) is 0 Å². The summed E-state index contributed by atoms with van der Waals surface area (Å²) in [7, 11) is 0. The minimum Gasteiger partial charge on any atom is -0.285 e. The monoisotopic (exact) mass is 105 g/mol. The zero-order valence-corrected chi connectivity index (χ0v) is 4.29. The maximum atomic E-state index is 9.88. The van der Waals surface area contributed by atoms with Crippen molar-refractivity contribution in [1.82, 2.24) is 0 Å². The van der Waals surface area contributed by atoms with Gasteiger partial charge in [-0.1, -0.05) is 30.3 Å². The van der Waals surface area contributed by atoms with Gasteiger partial charge in [0.25, 0.3) is 0 Å². The molecule has 0 fully saturated rings. The van der Waals surface area contributed by atoms with E-state index in [9.17, 15) is 4.79 Å². The van der Waals surface area contributed by atoms with E-state index in [1.165, 1.54) is 0 Å². The summed E-state index contributed by atoms with van der Waals surface area (Å²) in [4.78, 5) is 9.88. The summed E-state index contributed by atoms with van der Waals surface area (Å²) < 4.78 is 0. The quantitative estimate of drug-likeness (QED) is 0.523. The summed E-state index contributed by atoms with van der Waals surface area (Å²) in [5, 5.41) is 0. The molecule has 1 aromatic rings. The number of hydrogen-bond acceptors (Lipinski definition) is 1. The van der Waals surface area contributed by atoms with Gasteiger partial charge in [-0.05, 0) is 0 Å². The highest BCUT2D eigenvalue weighted by Crippen LogP contribution is 1.91. The molecular weight excluding hydrogens is 100 g/mol. The van der Waals surface area contributed by atoms with Crippen LogP contribution in [0.2, 0.25) is 0 Å². The van der Waals surface area contributed by atoms with Gasteiger partial charge < -0.3 is 0 Å². The van der Waals surface area contributed by atoms with Gasteiger partial charge in [-0.3, -0.25) is 4.79 Å². The molecule has 0 heterocycles. The summed E-state index contributed by atoms with van der Waals surface area (Å²) in [6.45, 7) is 0. The maximum Gasteiger partial charge on any atom is 0.233 e. The molecule has 0 saturated heterocycles. The Bertz CT molecular complexity index is 167. The lowest BCUT2D eigenvalue weighted by Crippen LogP contribution is -1.73. The van der Waals surface area contributed by atoms with E-state index in [2.05, 4.69) is 0 Å². The third-order valence-electron chi connectivity index (χ3n) is 0.892. The van der Waals surface area contributed by atoms with Crippen molar-refractivity contribution in [3.05, 3.63) is 35.9 Å². The van der Waals surface area contributed by atoms with E-state index in [1.807, 2.05) is 6.07 Å². The first-order valence-electron chi connectivity index (χ1n) is 2.36. The molecule has 1 nitrogen and oxygen atoms in total. The molecule has 0 unspecified atom stereocenters. The van der Waals surface area contributed by atoms with Crippen LogP contribution in [0.5, 0.6) is 0 Å². The second-order valence-electron chi connectivity index (χ2n) is 1.47. The Balaban J connectivity index is 2.99. The Hall–Kier alpha value is -1.11. The molecule has 0 aliphatic heterocycles. The minimum absolute atomic E-state index is 0.604. The van der Waals surface area contributed by atoms with Crippen LogP contribution in [0.15, 0.2) is 30.3 Å². The maximum absolute atomic E-state index is 9.88. The Morgan fingerprint density at radius 3 is 2.12 bits per heavy atom. The van der Waals surface area contributed by atoms with Crippen LogP contribution in [-0.4, -0.2) is 6.29 Å². The van der Waals surface area contributed by atoms with Gasteiger partial charge in [0.15, 0.2) is 0 Å². The molecule has 39 valence electrons. The van der Waals surface area contributed by atoms with Gasteiger partial charge in [0.1, 0.15) is 0 Å². The van der Waals surface area contributed by atoms with Crippen molar-refractivity contribution >= 4 is 6.29 Å². The second-order valence-corrected chi connectivity index (χ2v) is 1.47. The fourth-order valence-corrected chi connectivity index (χ4v) is 0.506. The lowest BCUT2D eigenvalue weighted by Gasteiger charge is -1.80. The zero-order chi connectivity index (χ0) is 5.82. The summed E-state index contributed by atoms with van der Waals surface area (Å²) in [6.07, 6.45) is 1.78. The third kappa shape index (κ3) is 0.936. The lowest BCUT2D eigenvalue weighted by atomic mass is 10.2. The van der Waals surface area contributed by atoms with Crippen molar-refractivity contribution in [3.63, 3.8) is 0 Å². The van der Waals surface area contributed by atoms with Crippen molar-refractivity contribution in [3.8, 4) is 0 Å². The zero-order valence-electron chi connectivity index (χ0n) is 4.29. The molecule has 1 radical (unpaired) electrons. The molecule has 0 aliphatic rings. The predicted octanol–water partition coefficient (Wildman–Crippen LogP) is 1.14. The highest BCUT2D eigenvalue weighted by atomic mass is 16.1. The molecule has 0 atom stereocenters. The van der Waals surface area contributed by atoms with E-state index in [-0.39, 0.29) is 0 Å². The van der Waals surface area contributed by atoms with E-state index in [1.54, 1.807) is 30.6 Å². The first-order valence-corrected chi connectivity index (χ1v) is 2.36. The third-order valence-corrected chi connectivity index (χ3v) is 0.892. The van der Waals surface area contributed by atoms with Gasteiger partial charge in [0.2, 0.25) is 6.29 Å². The average molecular weight is 105 g/mol. The lowest BCUT2D eigenvalue weighted by molar-refractivity contribution is 0.563. The summed E-state index contributed by atoms with van der Waals surface area (Å²) >= 11 is 0. The number of rotatable bonds is 1. The fraction of sp³-hybridized carbons (Fsp3) is 0. The van der Waals surface area contributed by atoms with Crippen molar-refractivity contribution in [1.29, 1.82) is 0 Å². The summed E-state index contributed by atoms with van der Waals surface area (Å²) in [5.41, 5.74) is 0.604. The second kappa shape index (κ2) is 2.26. The molecule has 0 bridgehead atoms.